The zero-order chi connectivity index (χ0) is 17.1. The first-order chi connectivity index (χ1) is 11.4. The van der Waals surface area contributed by atoms with Crippen LogP contribution in [0.25, 0.3) is 10.9 Å². The lowest BCUT2D eigenvalue weighted by atomic mass is 9.81. The number of fused-ring (bicyclic) bond motifs is 2. The van der Waals surface area contributed by atoms with Crippen molar-refractivity contribution in [3.63, 3.8) is 0 Å². The van der Waals surface area contributed by atoms with Gasteiger partial charge in [-0.1, -0.05) is 17.7 Å². The Bertz CT molecular complexity index is 867. The monoisotopic (exact) mass is 459 g/mol. The van der Waals surface area contributed by atoms with Crippen molar-refractivity contribution in [2.75, 3.05) is 26.2 Å². The number of carbonyl (C=O) groups is 1. The molecule has 2 atom stereocenters. The number of likely N-dealkylation sites (tertiary alicyclic amines) is 1. The highest BCUT2D eigenvalue weighted by atomic mass is 127. The normalized spacial score (nSPS) is 26.1. The van der Waals surface area contributed by atoms with Crippen LogP contribution < -0.4 is 5.32 Å². The molecular formula is C17H16ClFIN3O. The highest BCUT2D eigenvalue weighted by molar-refractivity contribution is 14.1. The van der Waals surface area contributed by atoms with Gasteiger partial charge in [0, 0.05) is 42.9 Å². The van der Waals surface area contributed by atoms with Gasteiger partial charge < -0.3 is 15.2 Å². The second kappa shape index (κ2) is 5.71. The quantitative estimate of drug-likeness (QED) is 0.411. The van der Waals surface area contributed by atoms with Crippen molar-refractivity contribution in [3.05, 3.63) is 44.9 Å². The van der Waals surface area contributed by atoms with Crippen LogP contribution in [0.15, 0.2) is 24.8 Å². The summed E-state index contributed by atoms with van der Waals surface area (Å²) in [5, 5.41) is 4.19. The van der Waals surface area contributed by atoms with Crippen molar-refractivity contribution < 1.29 is 9.18 Å². The molecule has 1 aromatic heterocycles. The van der Waals surface area contributed by atoms with Crippen LogP contribution in [0.2, 0.25) is 5.02 Å². The topological polar surface area (TPSA) is 48.1 Å². The largest absolute Gasteiger partial charge is 0.350 e. The smallest absolute Gasteiger partial charge is 0.270 e. The Balaban J connectivity index is 1.67. The zero-order valence-corrected chi connectivity index (χ0v) is 15.7. The van der Waals surface area contributed by atoms with E-state index in [1.54, 1.807) is 12.1 Å². The van der Waals surface area contributed by atoms with Gasteiger partial charge in [0.05, 0.1) is 14.1 Å². The van der Waals surface area contributed by atoms with Crippen LogP contribution in [0.4, 0.5) is 4.39 Å². The number of H-pyrrole nitrogens is 1. The minimum Gasteiger partial charge on any atom is -0.350 e. The molecule has 1 amide bonds. The summed E-state index contributed by atoms with van der Waals surface area (Å²) in [7, 11) is 0. The van der Waals surface area contributed by atoms with E-state index in [4.69, 9.17) is 11.6 Å². The Morgan fingerprint density at radius 2 is 2.33 bits per heavy atom. The molecule has 1 aromatic carbocycles. The fourth-order valence-electron chi connectivity index (χ4n) is 3.87. The average molecular weight is 460 g/mol. The third kappa shape index (κ3) is 2.30. The molecule has 0 radical (unpaired) electrons. The van der Waals surface area contributed by atoms with Crippen molar-refractivity contribution in [3.8, 4) is 0 Å². The van der Waals surface area contributed by atoms with Gasteiger partial charge in [-0.3, -0.25) is 4.79 Å². The lowest BCUT2D eigenvalue weighted by molar-refractivity contribution is 0.0772. The number of nitrogens with one attached hydrogen (secondary N) is 2. The zero-order valence-electron chi connectivity index (χ0n) is 12.8. The molecule has 2 saturated heterocycles. The molecule has 2 N–H and O–H groups in total. The molecule has 4 rings (SSSR count). The number of hydrogen-bond donors (Lipinski definition) is 2. The second-order valence-corrected chi connectivity index (χ2v) is 8.07. The van der Waals surface area contributed by atoms with Crippen molar-refractivity contribution in [2.24, 2.45) is 11.3 Å². The number of halogens is 3. The molecule has 0 bridgehead atoms. The molecule has 126 valence electrons. The van der Waals surface area contributed by atoms with Crippen molar-refractivity contribution in [1.82, 2.24) is 15.2 Å². The van der Waals surface area contributed by atoms with Crippen LogP contribution >= 0.6 is 34.2 Å². The Hall–Kier alpha value is -1.12. The van der Waals surface area contributed by atoms with Crippen molar-refractivity contribution in [2.45, 2.75) is 0 Å². The van der Waals surface area contributed by atoms with E-state index in [1.807, 2.05) is 33.6 Å². The molecule has 0 unspecified atom stereocenters. The van der Waals surface area contributed by atoms with Gasteiger partial charge in [0.25, 0.3) is 5.91 Å². The van der Waals surface area contributed by atoms with Gasteiger partial charge in [0.2, 0.25) is 0 Å². The molecule has 2 fully saturated rings. The van der Waals surface area contributed by atoms with Crippen LogP contribution in [-0.2, 0) is 0 Å². The Morgan fingerprint density at radius 1 is 1.54 bits per heavy atom. The number of nitrogens with zero attached hydrogens (tertiary/aromatic N) is 1. The number of benzene rings is 1. The maximum absolute atomic E-state index is 14.0. The number of aromatic amines is 1. The lowest BCUT2D eigenvalue weighted by Crippen LogP contribution is -2.34. The van der Waals surface area contributed by atoms with Gasteiger partial charge in [-0.2, -0.15) is 0 Å². The Kier molecular flexibility index (Phi) is 3.89. The third-order valence-corrected chi connectivity index (χ3v) is 6.55. The molecule has 24 heavy (non-hydrogen) atoms. The molecule has 3 heterocycles. The van der Waals surface area contributed by atoms with E-state index >= 15 is 0 Å². The van der Waals surface area contributed by atoms with Gasteiger partial charge in [-0.15, -0.1) is 6.58 Å². The molecule has 7 heteroatoms. The molecule has 2 aliphatic heterocycles. The predicted molar refractivity (Wildman–Crippen MR) is 101 cm³/mol. The first-order valence-corrected chi connectivity index (χ1v) is 9.20. The average Bonchev–Trinajstić information content (AvgIpc) is 3.23. The summed E-state index contributed by atoms with van der Waals surface area (Å²) in [6.45, 7) is 7.10. The molecular weight excluding hydrogens is 444 g/mol. The van der Waals surface area contributed by atoms with Gasteiger partial charge in [0.1, 0.15) is 5.69 Å². The van der Waals surface area contributed by atoms with Crippen LogP contribution in [0.5, 0.6) is 0 Å². The number of rotatable bonds is 2. The SMILES string of the molecule is C=C[C@]12CNC[C@H]1CN(C(=O)c1cc3cc(Cl)c(F)c(I)c3[nH]1)C2. The number of amides is 1. The van der Waals surface area contributed by atoms with Crippen LogP contribution in [0.3, 0.4) is 0 Å². The van der Waals surface area contributed by atoms with Gasteiger partial charge in [-0.05, 0) is 34.7 Å². The number of aromatic nitrogens is 1. The minimum absolute atomic E-state index is 0.0362. The molecule has 0 spiro atoms. The summed E-state index contributed by atoms with van der Waals surface area (Å²) >= 11 is 7.81. The van der Waals surface area contributed by atoms with E-state index in [9.17, 15) is 9.18 Å². The van der Waals surface area contributed by atoms with Crippen LogP contribution in [-0.4, -0.2) is 42.0 Å². The maximum Gasteiger partial charge on any atom is 0.270 e. The van der Waals surface area contributed by atoms with Crippen molar-refractivity contribution >= 4 is 51.0 Å². The van der Waals surface area contributed by atoms with Gasteiger partial charge >= 0.3 is 0 Å². The second-order valence-electron chi connectivity index (χ2n) is 6.58. The molecule has 4 nitrogen and oxygen atoms in total. The van der Waals surface area contributed by atoms with E-state index in [-0.39, 0.29) is 16.3 Å². The lowest BCUT2D eigenvalue weighted by Gasteiger charge is -2.23. The van der Waals surface area contributed by atoms with E-state index in [1.165, 1.54) is 0 Å². The van der Waals surface area contributed by atoms with Gasteiger partial charge in [0.15, 0.2) is 5.82 Å². The fraction of sp³-hybridized carbons (Fsp3) is 0.353. The summed E-state index contributed by atoms with van der Waals surface area (Å²) < 4.78 is 14.4. The molecule has 0 aliphatic carbocycles. The van der Waals surface area contributed by atoms with E-state index < -0.39 is 5.82 Å². The summed E-state index contributed by atoms with van der Waals surface area (Å²) in [5.41, 5.74) is 1.04. The standard InChI is InChI=1S/C17H16ClFIN3O/c1-2-17-7-21-5-10(17)6-23(8-17)16(24)12-4-9-3-11(18)13(19)14(20)15(9)22-12/h2-4,10,21-22H,1,5-8H2/t10-,17+/m0/s1. The summed E-state index contributed by atoms with van der Waals surface area (Å²) in [6, 6.07) is 3.30. The van der Waals surface area contributed by atoms with E-state index in [0.717, 1.165) is 18.5 Å². The number of hydrogen-bond acceptors (Lipinski definition) is 2. The summed E-state index contributed by atoms with van der Waals surface area (Å²) in [4.78, 5) is 17.8. The Labute approximate surface area is 157 Å². The first-order valence-electron chi connectivity index (χ1n) is 7.75. The van der Waals surface area contributed by atoms with Crippen LogP contribution in [0.1, 0.15) is 10.5 Å². The van der Waals surface area contributed by atoms with E-state index in [0.29, 0.717) is 33.8 Å². The maximum atomic E-state index is 14.0. The molecule has 2 aliphatic rings. The van der Waals surface area contributed by atoms with Gasteiger partial charge in [-0.25, -0.2) is 4.39 Å². The predicted octanol–water partition coefficient (Wildman–Crippen LogP) is 3.41. The van der Waals surface area contributed by atoms with Crippen molar-refractivity contribution in [1.29, 1.82) is 0 Å². The highest BCUT2D eigenvalue weighted by Gasteiger charge is 2.49. The highest BCUT2D eigenvalue weighted by Crippen LogP contribution is 2.40. The first kappa shape index (κ1) is 16.4. The van der Waals surface area contributed by atoms with E-state index in [2.05, 4.69) is 16.9 Å². The van der Waals surface area contributed by atoms with Crippen LogP contribution in [0, 0.1) is 20.7 Å². The Morgan fingerprint density at radius 3 is 3.04 bits per heavy atom. The fourth-order valence-corrected chi connectivity index (χ4v) is 4.98. The molecule has 2 aromatic rings. The number of carbonyl (C=O) groups excluding carboxylic acids is 1. The summed E-state index contributed by atoms with van der Waals surface area (Å²) in [6.07, 6.45) is 1.98. The summed E-state index contributed by atoms with van der Waals surface area (Å²) in [5.74, 6) is -0.123. The minimum atomic E-state index is -0.460. The molecule has 0 saturated carbocycles. The third-order valence-electron chi connectivity index (χ3n) is 5.26.